The number of aliphatic hydroxyl groups is 1. The summed E-state index contributed by atoms with van der Waals surface area (Å²) in [5.41, 5.74) is 0. The lowest BCUT2D eigenvalue weighted by Crippen LogP contribution is -1.95. The SMILES string of the molecule is OC(CCc1cccs1)c1cccs1. The summed E-state index contributed by atoms with van der Waals surface area (Å²) < 4.78 is 0. The highest BCUT2D eigenvalue weighted by Gasteiger charge is 2.08. The van der Waals surface area contributed by atoms with Gasteiger partial charge in [-0.2, -0.15) is 0 Å². The number of aryl methyl sites for hydroxylation is 1. The molecule has 1 atom stereocenters. The van der Waals surface area contributed by atoms with E-state index < -0.39 is 0 Å². The van der Waals surface area contributed by atoms with Crippen molar-refractivity contribution >= 4 is 22.7 Å². The summed E-state index contributed by atoms with van der Waals surface area (Å²) in [6.07, 6.45) is 1.50. The van der Waals surface area contributed by atoms with Gasteiger partial charge in [0.25, 0.3) is 0 Å². The second-order valence-corrected chi connectivity index (χ2v) is 5.16. The molecule has 1 unspecified atom stereocenters. The van der Waals surface area contributed by atoms with Crippen molar-refractivity contribution in [2.75, 3.05) is 0 Å². The predicted molar refractivity (Wildman–Crippen MR) is 61.9 cm³/mol. The summed E-state index contributed by atoms with van der Waals surface area (Å²) >= 11 is 3.38. The first-order valence-electron chi connectivity index (χ1n) is 4.60. The molecule has 14 heavy (non-hydrogen) atoms. The van der Waals surface area contributed by atoms with E-state index in [2.05, 4.69) is 17.5 Å². The molecule has 0 aliphatic heterocycles. The van der Waals surface area contributed by atoms with Gasteiger partial charge >= 0.3 is 0 Å². The second-order valence-electron chi connectivity index (χ2n) is 3.15. The van der Waals surface area contributed by atoms with Gasteiger partial charge in [-0.25, -0.2) is 0 Å². The van der Waals surface area contributed by atoms with Crippen molar-refractivity contribution in [1.29, 1.82) is 0 Å². The summed E-state index contributed by atoms with van der Waals surface area (Å²) in [5, 5.41) is 13.9. The molecule has 3 heteroatoms. The van der Waals surface area contributed by atoms with Crippen LogP contribution in [0.15, 0.2) is 35.0 Å². The maximum Gasteiger partial charge on any atom is 0.0885 e. The Morgan fingerprint density at radius 3 is 2.57 bits per heavy atom. The van der Waals surface area contributed by atoms with Crippen LogP contribution < -0.4 is 0 Å². The monoisotopic (exact) mass is 224 g/mol. The topological polar surface area (TPSA) is 20.2 Å². The Balaban J connectivity index is 1.87. The Kier molecular flexibility index (Phi) is 3.35. The maximum atomic E-state index is 9.82. The Morgan fingerprint density at radius 2 is 1.93 bits per heavy atom. The van der Waals surface area contributed by atoms with Crippen LogP contribution in [0, 0.1) is 0 Å². The average molecular weight is 224 g/mol. The zero-order valence-electron chi connectivity index (χ0n) is 7.72. The molecule has 0 aromatic carbocycles. The van der Waals surface area contributed by atoms with Gasteiger partial charge in [0.2, 0.25) is 0 Å². The number of thiophene rings is 2. The van der Waals surface area contributed by atoms with Gasteiger partial charge < -0.3 is 5.11 Å². The molecule has 74 valence electrons. The second kappa shape index (κ2) is 4.73. The minimum atomic E-state index is -0.294. The third-order valence-corrected chi connectivity index (χ3v) is 4.03. The molecular formula is C11H12OS2. The first-order chi connectivity index (χ1) is 6.86. The van der Waals surface area contributed by atoms with Gasteiger partial charge in [0, 0.05) is 9.75 Å². The number of hydrogen-bond acceptors (Lipinski definition) is 3. The van der Waals surface area contributed by atoms with E-state index in [1.54, 1.807) is 22.7 Å². The van der Waals surface area contributed by atoms with E-state index in [1.165, 1.54) is 4.88 Å². The van der Waals surface area contributed by atoms with E-state index in [9.17, 15) is 5.11 Å². The highest BCUT2D eigenvalue weighted by molar-refractivity contribution is 7.10. The van der Waals surface area contributed by atoms with Crippen LogP contribution in [0.1, 0.15) is 22.3 Å². The van der Waals surface area contributed by atoms with Gasteiger partial charge in [0.05, 0.1) is 6.10 Å². The van der Waals surface area contributed by atoms with E-state index in [0.717, 1.165) is 17.7 Å². The highest BCUT2D eigenvalue weighted by atomic mass is 32.1. The van der Waals surface area contributed by atoms with E-state index in [4.69, 9.17) is 0 Å². The molecular weight excluding hydrogens is 212 g/mol. The minimum absolute atomic E-state index is 0.294. The molecule has 2 aromatic rings. The van der Waals surface area contributed by atoms with Crippen molar-refractivity contribution in [1.82, 2.24) is 0 Å². The van der Waals surface area contributed by atoms with Crippen LogP contribution >= 0.6 is 22.7 Å². The van der Waals surface area contributed by atoms with Gasteiger partial charge in [-0.05, 0) is 35.7 Å². The normalized spacial score (nSPS) is 12.9. The van der Waals surface area contributed by atoms with Crippen LogP contribution in [0.3, 0.4) is 0 Å². The molecule has 0 saturated heterocycles. The first-order valence-corrected chi connectivity index (χ1v) is 6.36. The molecule has 2 heterocycles. The quantitative estimate of drug-likeness (QED) is 0.843. The van der Waals surface area contributed by atoms with Crippen molar-refractivity contribution < 1.29 is 5.11 Å². The van der Waals surface area contributed by atoms with Crippen LogP contribution in [-0.4, -0.2) is 5.11 Å². The van der Waals surface area contributed by atoms with E-state index >= 15 is 0 Å². The fourth-order valence-corrected chi connectivity index (χ4v) is 2.83. The van der Waals surface area contributed by atoms with Gasteiger partial charge in [-0.1, -0.05) is 12.1 Å². The third kappa shape index (κ3) is 2.44. The third-order valence-electron chi connectivity index (χ3n) is 2.12. The fourth-order valence-electron chi connectivity index (χ4n) is 1.36. The molecule has 0 radical (unpaired) electrons. The van der Waals surface area contributed by atoms with E-state index in [-0.39, 0.29) is 6.10 Å². The molecule has 0 spiro atoms. The van der Waals surface area contributed by atoms with Crippen molar-refractivity contribution in [2.45, 2.75) is 18.9 Å². The Labute approximate surface area is 91.7 Å². The number of aliphatic hydroxyl groups excluding tert-OH is 1. The lowest BCUT2D eigenvalue weighted by atomic mass is 10.1. The fraction of sp³-hybridized carbons (Fsp3) is 0.273. The lowest BCUT2D eigenvalue weighted by Gasteiger charge is -2.06. The first kappa shape index (κ1) is 9.90. The molecule has 0 fully saturated rings. The zero-order valence-corrected chi connectivity index (χ0v) is 9.35. The van der Waals surface area contributed by atoms with Crippen molar-refractivity contribution in [2.24, 2.45) is 0 Å². The number of hydrogen-bond donors (Lipinski definition) is 1. The van der Waals surface area contributed by atoms with Gasteiger partial charge in [0.15, 0.2) is 0 Å². The van der Waals surface area contributed by atoms with Crippen molar-refractivity contribution in [3.63, 3.8) is 0 Å². The summed E-state index contributed by atoms with van der Waals surface area (Å²) in [5.74, 6) is 0. The maximum absolute atomic E-state index is 9.82. The Hall–Kier alpha value is -0.640. The van der Waals surface area contributed by atoms with Crippen LogP contribution in [0.2, 0.25) is 0 Å². The minimum Gasteiger partial charge on any atom is -0.388 e. The smallest absolute Gasteiger partial charge is 0.0885 e. The summed E-state index contributed by atoms with van der Waals surface area (Å²) in [6, 6.07) is 8.14. The van der Waals surface area contributed by atoms with Crippen LogP contribution in [0.5, 0.6) is 0 Å². The van der Waals surface area contributed by atoms with Gasteiger partial charge in [-0.3, -0.25) is 0 Å². The van der Waals surface area contributed by atoms with Crippen molar-refractivity contribution in [3.8, 4) is 0 Å². The standard InChI is InChI=1S/C11H12OS2/c12-10(11-4-2-8-14-11)6-5-9-3-1-7-13-9/h1-4,7-8,10,12H,5-6H2. The Bertz CT molecular complexity index is 351. The molecule has 0 bridgehead atoms. The number of rotatable bonds is 4. The highest BCUT2D eigenvalue weighted by Crippen LogP contribution is 2.24. The summed E-state index contributed by atoms with van der Waals surface area (Å²) in [6.45, 7) is 0. The molecule has 1 nitrogen and oxygen atoms in total. The van der Waals surface area contributed by atoms with Gasteiger partial charge in [-0.15, -0.1) is 22.7 Å². The van der Waals surface area contributed by atoms with Crippen LogP contribution in [0.4, 0.5) is 0 Å². The van der Waals surface area contributed by atoms with E-state index in [1.807, 2.05) is 17.5 Å². The lowest BCUT2D eigenvalue weighted by molar-refractivity contribution is 0.172. The van der Waals surface area contributed by atoms with Gasteiger partial charge in [0.1, 0.15) is 0 Å². The van der Waals surface area contributed by atoms with Crippen LogP contribution in [-0.2, 0) is 6.42 Å². The molecule has 0 aliphatic rings. The zero-order chi connectivity index (χ0) is 9.80. The summed E-state index contributed by atoms with van der Waals surface area (Å²) in [4.78, 5) is 2.42. The van der Waals surface area contributed by atoms with Crippen molar-refractivity contribution in [3.05, 3.63) is 44.8 Å². The molecule has 2 aromatic heterocycles. The predicted octanol–water partition coefficient (Wildman–Crippen LogP) is 3.48. The largest absolute Gasteiger partial charge is 0.388 e. The molecule has 0 amide bonds. The van der Waals surface area contributed by atoms with Crippen LogP contribution in [0.25, 0.3) is 0 Å². The summed E-state index contributed by atoms with van der Waals surface area (Å²) in [7, 11) is 0. The Morgan fingerprint density at radius 1 is 1.14 bits per heavy atom. The average Bonchev–Trinajstić information content (AvgIpc) is 2.87. The molecule has 0 saturated carbocycles. The molecule has 1 N–H and O–H groups in total. The van der Waals surface area contributed by atoms with E-state index in [0.29, 0.717) is 0 Å². The molecule has 0 aliphatic carbocycles. The molecule has 2 rings (SSSR count).